The number of aliphatic hydroxyl groups is 1. The topological polar surface area (TPSA) is 50.5 Å². The van der Waals surface area contributed by atoms with Gasteiger partial charge in [0.25, 0.3) is 0 Å². The molecule has 0 spiro atoms. The number of ether oxygens (including phenoxy) is 1. The van der Waals surface area contributed by atoms with Gasteiger partial charge in [0.05, 0.1) is 17.6 Å². The maximum absolute atomic E-state index is 9.19. The molecule has 0 amide bonds. The first-order valence-corrected chi connectivity index (χ1v) is 11.2. The van der Waals surface area contributed by atoms with Crippen molar-refractivity contribution < 1.29 is 9.84 Å². The summed E-state index contributed by atoms with van der Waals surface area (Å²) < 4.78 is 8.34. The van der Waals surface area contributed by atoms with E-state index in [1.807, 2.05) is 17.5 Å². The van der Waals surface area contributed by atoms with Crippen molar-refractivity contribution in [1.29, 1.82) is 0 Å². The molecular formula is C21H29N3O2S. The summed E-state index contributed by atoms with van der Waals surface area (Å²) in [6, 6.07) is 5.57. The second-order valence-electron chi connectivity index (χ2n) is 8.31. The van der Waals surface area contributed by atoms with Crippen LogP contribution in [-0.2, 0) is 4.74 Å². The third kappa shape index (κ3) is 3.48. The fourth-order valence-electron chi connectivity index (χ4n) is 5.14. The second kappa shape index (κ2) is 7.66. The minimum Gasteiger partial charge on any atom is -0.396 e. The molecule has 3 fully saturated rings. The van der Waals surface area contributed by atoms with Crippen LogP contribution in [0, 0.1) is 0 Å². The van der Waals surface area contributed by atoms with Gasteiger partial charge in [-0.15, -0.1) is 11.3 Å². The molecule has 4 heterocycles. The highest BCUT2D eigenvalue weighted by Crippen LogP contribution is 2.41. The molecular weight excluding hydrogens is 358 g/mol. The van der Waals surface area contributed by atoms with Crippen molar-refractivity contribution in [3.8, 4) is 10.7 Å². The monoisotopic (exact) mass is 387 g/mol. The van der Waals surface area contributed by atoms with Crippen LogP contribution in [0.2, 0.25) is 0 Å². The van der Waals surface area contributed by atoms with Crippen LogP contribution >= 0.6 is 11.3 Å². The van der Waals surface area contributed by atoms with Crippen LogP contribution in [-0.4, -0.2) is 58.0 Å². The Morgan fingerprint density at radius 1 is 1.19 bits per heavy atom. The van der Waals surface area contributed by atoms with E-state index in [2.05, 4.69) is 27.8 Å². The molecule has 5 rings (SSSR count). The molecule has 2 aliphatic heterocycles. The highest BCUT2D eigenvalue weighted by atomic mass is 32.1. The van der Waals surface area contributed by atoms with Gasteiger partial charge in [-0.25, -0.2) is 4.98 Å². The highest BCUT2D eigenvalue weighted by molar-refractivity contribution is 7.15. The number of imidazole rings is 1. The third-order valence-corrected chi connectivity index (χ3v) is 7.83. The average Bonchev–Trinajstić information content (AvgIpc) is 3.47. The zero-order valence-electron chi connectivity index (χ0n) is 15.8. The lowest BCUT2D eigenvalue weighted by Crippen LogP contribution is -2.46. The second-order valence-corrected chi connectivity index (χ2v) is 9.42. The Morgan fingerprint density at radius 3 is 2.93 bits per heavy atom. The van der Waals surface area contributed by atoms with Crippen LogP contribution in [0.5, 0.6) is 0 Å². The predicted octanol–water partition coefficient (Wildman–Crippen LogP) is 3.67. The van der Waals surface area contributed by atoms with Gasteiger partial charge in [-0.3, -0.25) is 4.90 Å². The number of hydrogen-bond acceptors (Lipinski definition) is 5. The first kappa shape index (κ1) is 17.9. The van der Waals surface area contributed by atoms with Crippen molar-refractivity contribution in [3.05, 3.63) is 29.4 Å². The van der Waals surface area contributed by atoms with Gasteiger partial charge in [-0.2, -0.15) is 0 Å². The van der Waals surface area contributed by atoms with E-state index in [1.165, 1.54) is 30.6 Å². The van der Waals surface area contributed by atoms with Crippen molar-refractivity contribution in [2.75, 3.05) is 26.3 Å². The summed E-state index contributed by atoms with van der Waals surface area (Å²) in [7, 11) is 0. The Morgan fingerprint density at radius 2 is 2.07 bits per heavy atom. The van der Waals surface area contributed by atoms with Crippen molar-refractivity contribution in [2.45, 2.75) is 62.6 Å². The standard InChI is InChI=1S/C21H29N3O2S/c25-10-7-18-13-23-12-16(11-17(23)14-26-18)24-9-8-22-21(24)20-6-5-19(27-20)15-3-1-2-4-15/h5-6,8-9,15-18,25H,1-4,7,10-14H2/t16-,17+,18+/m1/s1. The van der Waals surface area contributed by atoms with Gasteiger partial charge in [0, 0.05) is 49.1 Å². The molecule has 5 nitrogen and oxygen atoms in total. The largest absolute Gasteiger partial charge is 0.396 e. The van der Waals surface area contributed by atoms with E-state index in [-0.39, 0.29) is 12.7 Å². The number of fused-ring (bicyclic) bond motifs is 1. The van der Waals surface area contributed by atoms with E-state index in [4.69, 9.17) is 9.72 Å². The molecule has 2 aromatic heterocycles. The Hall–Kier alpha value is -1.21. The number of aliphatic hydroxyl groups excluding tert-OH is 1. The average molecular weight is 388 g/mol. The zero-order valence-corrected chi connectivity index (χ0v) is 16.6. The molecule has 3 aliphatic rings. The molecule has 2 saturated heterocycles. The normalized spacial score (nSPS) is 29.4. The van der Waals surface area contributed by atoms with Crippen molar-refractivity contribution in [1.82, 2.24) is 14.5 Å². The molecule has 6 heteroatoms. The van der Waals surface area contributed by atoms with E-state index in [1.54, 1.807) is 4.88 Å². The van der Waals surface area contributed by atoms with Gasteiger partial charge in [0.15, 0.2) is 0 Å². The van der Waals surface area contributed by atoms with Crippen molar-refractivity contribution >= 4 is 11.3 Å². The summed E-state index contributed by atoms with van der Waals surface area (Å²) in [5.74, 6) is 1.90. The fraction of sp³-hybridized carbons (Fsp3) is 0.667. The molecule has 0 unspecified atom stereocenters. The molecule has 3 atom stereocenters. The lowest BCUT2D eigenvalue weighted by atomic mass is 10.1. The smallest absolute Gasteiger partial charge is 0.150 e. The summed E-state index contributed by atoms with van der Waals surface area (Å²) in [6.07, 6.45) is 11.6. The maximum Gasteiger partial charge on any atom is 0.150 e. The van der Waals surface area contributed by atoms with Gasteiger partial charge in [0.2, 0.25) is 0 Å². The molecule has 0 radical (unpaired) electrons. The predicted molar refractivity (Wildman–Crippen MR) is 107 cm³/mol. The third-order valence-electron chi connectivity index (χ3n) is 6.59. The summed E-state index contributed by atoms with van der Waals surface area (Å²) >= 11 is 1.94. The van der Waals surface area contributed by atoms with E-state index in [0.717, 1.165) is 44.3 Å². The zero-order chi connectivity index (χ0) is 18.2. The van der Waals surface area contributed by atoms with E-state index >= 15 is 0 Å². The number of thiophene rings is 1. The van der Waals surface area contributed by atoms with Crippen molar-refractivity contribution in [3.63, 3.8) is 0 Å². The lowest BCUT2D eigenvalue weighted by Gasteiger charge is -2.34. The highest BCUT2D eigenvalue weighted by Gasteiger charge is 2.38. The van der Waals surface area contributed by atoms with E-state index < -0.39 is 0 Å². The van der Waals surface area contributed by atoms with Crippen LogP contribution in [0.1, 0.15) is 55.4 Å². The number of aromatic nitrogens is 2. The van der Waals surface area contributed by atoms with Crippen LogP contribution in [0.3, 0.4) is 0 Å². The maximum atomic E-state index is 9.19. The Balaban J connectivity index is 1.32. The Bertz CT molecular complexity index is 767. The van der Waals surface area contributed by atoms with Gasteiger partial charge >= 0.3 is 0 Å². The molecule has 1 aliphatic carbocycles. The molecule has 2 aromatic rings. The summed E-state index contributed by atoms with van der Waals surface area (Å²) in [6.45, 7) is 2.99. The summed E-state index contributed by atoms with van der Waals surface area (Å²) in [5, 5.41) is 9.19. The minimum atomic E-state index is 0.179. The molecule has 0 bridgehead atoms. The Labute approximate surface area is 165 Å². The first-order valence-electron chi connectivity index (χ1n) is 10.4. The molecule has 1 N–H and O–H groups in total. The van der Waals surface area contributed by atoms with Crippen LogP contribution in [0.25, 0.3) is 10.7 Å². The molecule has 1 saturated carbocycles. The van der Waals surface area contributed by atoms with E-state index in [9.17, 15) is 5.11 Å². The summed E-state index contributed by atoms with van der Waals surface area (Å²) in [4.78, 5) is 10.1. The Kier molecular flexibility index (Phi) is 5.07. The SMILES string of the molecule is OCC[C@H]1CN2C[C@H](n3ccnc3-c3ccc(C4CCCC4)s3)C[C@H]2CO1. The van der Waals surface area contributed by atoms with Gasteiger partial charge in [-0.1, -0.05) is 12.8 Å². The van der Waals surface area contributed by atoms with Crippen molar-refractivity contribution in [2.24, 2.45) is 0 Å². The van der Waals surface area contributed by atoms with Gasteiger partial charge in [-0.05, 0) is 43.7 Å². The minimum absolute atomic E-state index is 0.179. The number of nitrogens with zero attached hydrogens (tertiary/aromatic N) is 3. The molecule has 146 valence electrons. The van der Waals surface area contributed by atoms with Gasteiger partial charge in [0.1, 0.15) is 5.82 Å². The first-order chi connectivity index (χ1) is 13.3. The lowest BCUT2D eigenvalue weighted by molar-refractivity contribution is -0.0567. The fourth-order valence-corrected chi connectivity index (χ4v) is 6.32. The quantitative estimate of drug-likeness (QED) is 0.851. The molecule has 0 aromatic carbocycles. The van der Waals surface area contributed by atoms with Crippen LogP contribution < -0.4 is 0 Å². The number of hydrogen-bond donors (Lipinski definition) is 1. The van der Waals surface area contributed by atoms with Crippen LogP contribution in [0.4, 0.5) is 0 Å². The van der Waals surface area contributed by atoms with Crippen LogP contribution in [0.15, 0.2) is 24.5 Å². The molecule has 27 heavy (non-hydrogen) atoms. The van der Waals surface area contributed by atoms with E-state index in [0.29, 0.717) is 12.1 Å². The number of morpholine rings is 1. The summed E-state index contributed by atoms with van der Waals surface area (Å²) in [5.41, 5.74) is 0. The van der Waals surface area contributed by atoms with Gasteiger partial charge < -0.3 is 14.4 Å². The number of rotatable bonds is 5.